The van der Waals surface area contributed by atoms with E-state index in [1.54, 1.807) is 12.4 Å². The Bertz CT molecular complexity index is 871. The molecule has 0 unspecified atom stereocenters. The van der Waals surface area contributed by atoms with Crippen molar-refractivity contribution in [2.75, 3.05) is 13.1 Å². The van der Waals surface area contributed by atoms with Crippen molar-refractivity contribution >= 4 is 17.0 Å². The molecule has 1 aliphatic heterocycles. The number of aromatic nitrogens is 4. The molecule has 3 aromatic rings. The number of likely N-dealkylation sites (tertiary alicyclic amines) is 1. The molecule has 0 bridgehead atoms. The third-order valence-electron chi connectivity index (χ3n) is 4.72. The van der Waals surface area contributed by atoms with Crippen molar-refractivity contribution in [1.29, 1.82) is 0 Å². The van der Waals surface area contributed by atoms with Crippen molar-refractivity contribution in [3.63, 3.8) is 0 Å². The first-order chi connectivity index (χ1) is 12.3. The number of hydrogen-bond donors (Lipinski definition) is 0. The van der Waals surface area contributed by atoms with E-state index >= 15 is 0 Å². The number of amides is 1. The Hall–Kier alpha value is -2.70. The molecule has 25 heavy (non-hydrogen) atoms. The average molecular weight is 339 g/mol. The zero-order valence-electron chi connectivity index (χ0n) is 14.3. The molecule has 130 valence electrons. The van der Waals surface area contributed by atoms with E-state index in [1.807, 2.05) is 27.9 Å². The van der Waals surface area contributed by atoms with Crippen LogP contribution in [0.15, 0.2) is 35.2 Å². The summed E-state index contributed by atoms with van der Waals surface area (Å²) in [4.78, 5) is 19.1. The van der Waals surface area contributed by atoms with Crippen molar-refractivity contribution in [1.82, 2.24) is 24.8 Å². The van der Waals surface area contributed by atoms with Crippen LogP contribution in [0.25, 0.3) is 11.1 Å². The summed E-state index contributed by atoms with van der Waals surface area (Å²) in [6.07, 6.45) is 9.12. The highest BCUT2D eigenvalue weighted by atomic mass is 16.5. The number of aryl methyl sites for hydroxylation is 1. The summed E-state index contributed by atoms with van der Waals surface area (Å²) in [6.45, 7) is 3.52. The van der Waals surface area contributed by atoms with Gasteiger partial charge in [0.1, 0.15) is 0 Å². The second kappa shape index (κ2) is 6.66. The minimum atomic E-state index is 0.00917. The smallest absolute Gasteiger partial charge is 0.257 e. The van der Waals surface area contributed by atoms with E-state index in [0.29, 0.717) is 17.8 Å². The maximum atomic E-state index is 13.0. The summed E-state index contributed by atoms with van der Waals surface area (Å²) in [5, 5.41) is 9.23. The van der Waals surface area contributed by atoms with Crippen molar-refractivity contribution in [2.24, 2.45) is 0 Å². The standard InChI is InChI=1S/C18H21N5O2/c1-2-5-16-15-10-13(11-19-17(15)25-21-16)18(24)22-8-3-6-14(12-22)23-9-4-7-20-23/h4,7,9-11,14H,2-3,5-6,8,12H2,1H3/t14-/m0/s1. The molecule has 4 rings (SSSR count). The van der Waals surface area contributed by atoms with Crippen LogP contribution >= 0.6 is 0 Å². The van der Waals surface area contributed by atoms with Crippen molar-refractivity contribution < 1.29 is 9.32 Å². The lowest BCUT2D eigenvalue weighted by molar-refractivity contribution is 0.0672. The molecule has 0 saturated carbocycles. The SMILES string of the molecule is CCCc1noc2ncc(C(=O)N3CCC[C@H](n4cccn4)C3)cc12. The van der Waals surface area contributed by atoms with Gasteiger partial charge in [0.25, 0.3) is 11.6 Å². The summed E-state index contributed by atoms with van der Waals surface area (Å²) in [5.74, 6) is 0.00917. The lowest BCUT2D eigenvalue weighted by Crippen LogP contribution is -2.40. The van der Waals surface area contributed by atoms with Gasteiger partial charge >= 0.3 is 0 Å². The van der Waals surface area contributed by atoms with E-state index in [2.05, 4.69) is 22.2 Å². The third-order valence-corrected chi connectivity index (χ3v) is 4.72. The highest BCUT2D eigenvalue weighted by molar-refractivity contribution is 5.97. The molecule has 1 saturated heterocycles. The van der Waals surface area contributed by atoms with E-state index in [0.717, 1.165) is 43.3 Å². The van der Waals surface area contributed by atoms with Gasteiger partial charge in [-0.1, -0.05) is 18.5 Å². The number of carbonyl (C=O) groups excluding carboxylic acids is 1. The Labute approximate surface area is 145 Å². The highest BCUT2D eigenvalue weighted by Crippen LogP contribution is 2.24. The first-order valence-corrected chi connectivity index (χ1v) is 8.79. The van der Waals surface area contributed by atoms with E-state index in [9.17, 15) is 4.79 Å². The maximum absolute atomic E-state index is 13.0. The number of rotatable bonds is 4. The summed E-state index contributed by atoms with van der Waals surface area (Å²) < 4.78 is 7.19. The monoisotopic (exact) mass is 339 g/mol. The van der Waals surface area contributed by atoms with Crippen LogP contribution in [0.4, 0.5) is 0 Å². The molecule has 0 radical (unpaired) electrons. The molecule has 0 spiro atoms. The average Bonchev–Trinajstić information content (AvgIpc) is 3.32. The molecular formula is C18H21N5O2. The van der Waals surface area contributed by atoms with Crippen LogP contribution in [0, 0.1) is 0 Å². The van der Waals surface area contributed by atoms with Gasteiger partial charge in [0.05, 0.1) is 22.7 Å². The Morgan fingerprint density at radius 3 is 3.16 bits per heavy atom. The second-order valence-electron chi connectivity index (χ2n) is 6.49. The third kappa shape index (κ3) is 3.01. The van der Waals surface area contributed by atoms with Gasteiger partial charge in [-0.05, 0) is 31.4 Å². The van der Waals surface area contributed by atoms with E-state index < -0.39 is 0 Å². The molecule has 7 nitrogen and oxygen atoms in total. The first-order valence-electron chi connectivity index (χ1n) is 8.79. The van der Waals surface area contributed by atoms with E-state index in [4.69, 9.17) is 4.52 Å². The summed E-state index contributed by atoms with van der Waals surface area (Å²) in [6, 6.07) is 4.01. The number of nitrogens with zero attached hydrogens (tertiary/aromatic N) is 5. The Kier molecular flexibility index (Phi) is 4.21. The van der Waals surface area contributed by atoms with Crippen LogP contribution < -0.4 is 0 Å². The zero-order chi connectivity index (χ0) is 17.2. The van der Waals surface area contributed by atoms with Gasteiger partial charge in [0, 0.05) is 31.7 Å². The van der Waals surface area contributed by atoms with Crippen LogP contribution in [0.3, 0.4) is 0 Å². The van der Waals surface area contributed by atoms with Gasteiger partial charge < -0.3 is 9.42 Å². The van der Waals surface area contributed by atoms with Gasteiger partial charge in [-0.3, -0.25) is 9.48 Å². The molecule has 1 amide bonds. The van der Waals surface area contributed by atoms with E-state index in [1.165, 1.54) is 0 Å². The van der Waals surface area contributed by atoms with Gasteiger partial charge in [-0.15, -0.1) is 0 Å². The van der Waals surface area contributed by atoms with Gasteiger partial charge in [0.2, 0.25) is 0 Å². The number of pyridine rings is 1. The number of carbonyl (C=O) groups is 1. The molecule has 1 atom stereocenters. The van der Waals surface area contributed by atoms with Crippen LogP contribution in [-0.2, 0) is 6.42 Å². The van der Waals surface area contributed by atoms with Crippen molar-refractivity contribution in [3.05, 3.63) is 42.0 Å². The fourth-order valence-electron chi connectivity index (χ4n) is 3.45. The number of fused-ring (bicyclic) bond motifs is 1. The summed E-state index contributed by atoms with van der Waals surface area (Å²) >= 11 is 0. The fraction of sp³-hybridized carbons (Fsp3) is 0.444. The summed E-state index contributed by atoms with van der Waals surface area (Å²) in [7, 11) is 0. The first kappa shape index (κ1) is 15.8. The van der Waals surface area contributed by atoms with Gasteiger partial charge in [0.15, 0.2) is 0 Å². The largest absolute Gasteiger partial charge is 0.336 e. The van der Waals surface area contributed by atoms with Gasteiger partial charge in [-0.25, -0.2) is 4.98 Å². The number of hydrogen-bond acceptors (Lipinski definition) is 5. The zero-order valence-corrected chi connectivity index (χ0v) is 14.3. The Morgan fingerprint density at radius 1 is 1.44 bits per heavy atom. The Balaban J connectivity index is 1.57. The molecule has 1 fully saturated rings. The molecule has 0 N–H and O–H groups in total. The highest BCUT2D eigenvalue weighted by Gasteiger charge is 2.26. The van der Waals surface area contributed by atoms with Gasteiger partial charge in [-0.2, -0.15) is 5.10 Å². The summed E-state index contributed by atoms with van der Waals surface area (Å²) in [5.41, 5.74) is 1.95. The second-order valence-corrected chi connectivity index (χ2v) is 6.49. The Morgan fingerprint density at radius 2 is 2.36 bits per heavy atom. The number of piperidine rings is 1. The van der Waals surface area contributed by atoms with Crippen molar-refractivity contribution in [2.45, 2.75) is 38.6 Å². The normalized spacial score (nSPS) is 18.0. The van der Waals surface area contributed by atoms with E-state index in [-0.39, 0.29) is 11.9 Å². The predicted molar refractivity (Wildman–Crippen MR) is 92.2 cm³/mol. The fourth-order valence-corrected chi connectivity index (χ4v) is 3.45. The molecule has 7 heteroatoms. The predicted octanol–water partition coefficient (Wildman–Crippen LogP) is 2.85. The van der Waals surface area contributed by atoms with Crippen LogP contribution in [-0.4, -0.2) is 43.8 Å². The molecule has 1 aliphatic rings. The lowest BCUT2D eigenvalue weighted by atomic mass is 10.0. The maximum Gasteiger partial charge on any atom is 0.257 e. The molecule has 4 heterocycles. The minimum absolute atomic E-state index is 0.00917. The molecule has 0 aromatic carbocycles. The topological polar surface area (TPSA) is 77.0 Å². The van der Waals surface area contributed by atoms with Crippen LogP contribution in [0.2, 0.25) is 0 Å². The lowest BCUT2D eigenvalue weighted by Gasteiger charge is -2.32. The molecular weight excluding hydrogens is 318 g/mol. The minimum Gasteiger partial charge on any atom is -0.336 e. The van der Waals surface area contributed by atoms with Crippen LogP contribution in [0.1, 0.15) is 48.3 Å². The quantitative estimate of drug-likeness (QED) is 0.730. The van der Waals surface area contributed by atoms with Crippen molar-refractivity contribution in [3.8, 4) is 0 Å². The van der Waals surface area contributed by atoms with Crippen LogP contribution in [0.5, 0.6) is 0 Å². The molecule has 0 aliphatic carbocycles. The molecule has 3 aromatic heterocycles.